The molecule has 3 heterocycles. The summed E-state index contributed by atoms with van der Waals surface area (Å²) >= 11 is 1.53. The van der Waals surface area contributed by atoms with Crippen LogP contribution in [-0.2, 0) is 6.54 Å². The van der Waals surface area contributed by atoms with Crippen LogP contribution in [0.2, 0.25) is 0 Å². The number of likely N-dealkylation sites (tertiary alicyclic amines) is 1. The highest BCUT2D eigenvalue weighted by molar-refractivity contribution is 7.17. The van der Waals surface area contributed by atoms with Gasteiger partial charge in [-0.3, -0.25) is 9.69 Å². The van der Waals surface area contributed by atoms with Gasteiger partial charge < -0.3 is 9.80 Å². The Morgan fingerprint density at radius 3 is 2.66 bits per heavy atom. The molecule has 5 nitrogen and oxygen atoms in total. The van der Waals surface area contributed by atoms with Gasteiger partial charge >= 0.3 is 0 Å². The molecule has 156 valence electrons. The van der Waals surface area contributed by atoms with Crippen molar-refractivity contribution >= 4 is 22.4 Å². The lowest BCUT2D eigenvalue weighted by Crippen LogP contribution is -2.48. The molecule has 1 amide bonds. The molecule has 0 bridgehead atoms. The second-order valence-corrected chi connectivity index (χ2v) is 9.62. The van der Waals surface area contributed by atoms with Gasteiger partial charge in [-0.2, -0.15) is 0 Å². The number of carbonyl (C=O) groups is 1. The maximum Gasteiger partial charge on any atom is 0.265 e. The molecule has 0 unspecified atom stereocenters. The minimum atomic E-state index is 0.0507. The first-order chi connectivity index (χ1) is 14.1. The quantitative estimate of drug-likeness (QED) is 0.741. The Balaban J connectivity index is 1.31. The van der Waals surface area contributed by atoms with E-state index in [9.17, 15) is 4.79 Å². The van der Waals surface area contributed by atoms with E-state index in [1.165, 1.54) is 50.1 Å². The second kappa shape index (κ2) is 9.26. The van der Waals surface area contributed by atoms with E-state index in [2.05, 4.69) is 33.8 Å². The molecule has 2 aromatic rings. The Kier molecular flexibility index (Phi) is 6.50. The van der Waals surface area contributed by atoms with E-state index >= 15 is 0 Å². The Hall–Kier alpha value is -1.92. The molecule has 2 fully saturated rings. The number of piperidine rings is 2. The Bertz CT molecular complexity index is 800. The van der Waals surface area contributed by atoms with Crippen molar-refractivity contribution in [1.82, 2.24) is 14.8 Å². The third-order valence-corrected chi connectivity index (χ3v) is 7.30. The molecule has 1 aromatic carbocycles. The van der Waals surface area contributed by atoms with Crippen molar-refractivity contribution in [2.24, 2.45) is 5.92 Å². The number of carbonyl (C=O) groups excluding carboxylic acids is 1. The normalized spacial score (nSPS) is 21.3. The Morgan fingerprint density at radius 1 is 1.17 bits per heavy atom. The fourth-order valence-corrected chi connectivity index (χ4v) is 5.57. The lowest BCUT2D eigenvalue weighted by molar-refractivity contribution is 0.0789. The zero-order chi connectivity index (χ0) is 20.2. The number of rotatable bonds is 5. The van der Waals surface area contributed by atoms with Crippen LogP contribution in [0, 0.1) is 5.92 Å². The highest BCUT2D eigenvalue weighted by Gasteiger charge is 2.28. The highest BCUT2D eigenvalue weighted by atomic mass is 32.1. The first kappa shape index (κ1) is 20.4. The molecular weight excluding hydrogens is 380 g/mol. The molecule has 2 saturated heterocycles. The molecule has 1 atom stereocenters. The van der Waals surface area contributed by atoms with Gasteiger partial charge in [0.25, 0.3) is 5.91 Å². The minimum absolute atomic E-state index is 0.0507. The number of anilines is 1. The maximum atomic E-state index is 12.8. The summed E-state index contributed by atoms with van der Waals surface area (Å²) in [7, 11) is 1.86. The Morgan fingerprint density at radius 2 is 1.93 bits per heavy atom. The topological polar surface area (TPSA) is 39.7 Å². The van der Waals surface area contributed by atoms with Gasteiger partial charge in [0.1, 0.15) is 4.88 Å². The summed E-state index contributed by atoms with van der Waals surface area (Å²) < 4.78 is 0. The van der Waals surface area contributed by atoms with E-state index in [4.69, 9.17) is 0 Å². The molecule has 0 aliphatic carbocycles. The van der Waals surface area contributed by atoms with Crippen molar-refractivity contribution in [3.63, 3.8) is 0 Å². The summed E-state index contributed by atoms with van der Waals surface area (Å²) in [4.78, 5) is 25.0. The van der Waals surface area contributed by atoms with Gasteiger partial charge in [-0.25, -0.2) is 4.98 Å². The third kappa shape index (κ3) is 4.98. The predicted octanol–water partition coefficient (Wildman–Crippen LogP) is 4.12. The van der Waals surface area contributed by atoms with Gasteiger partial charge in [-0.15, -0.1) is 0 Å². The number of nitrogens with zero attached hydrogens (tertiary/aromatic N) is 4. The van der Waals surface area contributed by atoms with Crippen molar-refractivity contribution < 1.29 is 4.79 Å². The molecule has 0 N–H and O–H groups in total. The second-order valence-electron chi connectivity index (χ2n) is 8.61. The highest BCUT2D eigenvalue weighted by Crippen LogP contribution is 2.29. The SMILES string of the molecule is C[C@@H]1CCCN(C2CCN(c3ncc(C(=O)N(C)Cc4ccccc4)s3)CC2)C1. The molecule has 1 aromatic heterocycles. The summed E-state index contributed by atoms with van der Waals surface area (Å²) in [6.45, 7) is 7.59. The summed E-state index contributed by atoms with van der Waals surface area (Å²) in [5.41, 5.74) is 1.14. The standard InChI is InChI=1S/C23H32N4OS/c1-18-7-6-12-27(16-18)20-10-13-26(14-11-20)23-24-15-21(29-23)22(28)25(2)17-19-8-4-3-5-9-19/h3-5,8-9,15,18,20H,6-7,10-14,16-17H2,1-2H3/t18-/m1/s1. The summed E-state index contributed by atoms with van der Waals surface area (Å²) in [6.07, 6.45) is 6.87. The monoisotopic (exact) mass is 412 g/mol. The van der Waals surface area contributed by atoms with Crippen LogP contribution in [0.4, 0.5) is 5.13 Å². The van der Waals surface area contributed by atoms with Gasteiger partial charge in [0.05, 0.1) is 6.20 Å². The molecule has 2 aliphatic heterocycles. The number of hydrogen-bond donors (Lipinski definition) is 0. The smallest absolute Gasteiger partial charge is 0.265 e. The van der Waals surface area contributed by atoms with Crippen LogP contribution in [0.25, 0.3) is 0 Å². The molecule has 4 rings (SSSR count). The largest absolute Gasteiger partial charge is 0.348 e. The summed E-state index contributed by atoms with van der Waals surface area (Å²) in [5, 5.41) is 0.993. The van der Waals surface area contributed by atoms with Gasteiger partial charge in [-0.1, -0.05) is 48.6 Å². The molecule has 2 aliphatic rings. The fraction of sp³-hybridized carbons (Fsp3) is 0.565. The fourth-order valence-electron chi connectivity index (χ4n) is 4.61. The number of aromatic nitrogens is 1. The first-order valence-electron chi connectivity index (χ1n) is 10.8. The molecule has 29 heavy (non-hydrogen) atoms. The van der Waals surface area contributed by atoms with Crippen LogP contribution < -0.4 is 4.90 Å². The number of benzene rings is 1. The van der Waals surface area contributed by atoms with Crippen LogP contribution in [0.5, 0.6) is 0 Å². The zero-order valence-electron chi connectivity index (χ0n) is 17.6. The van der Waals surface area contributed by atoms with E-state index in [1.54, 1.807) is 11.1 Å². The van der Waals surface area contributed by atoms with Crippen LogP contribution in [0.15, 0.2) is 36.5 Å². The molecule has 6 heteroatoms. The van der Waals surface area contributed by atoms with E-state index in [0.717, 1.165) is 34.6 Å². The van der Waals surface area contributed by atoms with E-state index in [1.807, 2.05) is 25.2 Å². The van der Waals surface area contributed by atoms with Gasteiger partial charge in [-0.05, 0) is 43.7 Å². The number of hydrogen-bond acceptors (Lipinski definition) is 5. The maximum absolute atomic E-state index is 12.8. The summed E-state index contributed by atoms with van der Waals surface area (Å²) in [6, 6.07) is 10.8. The average molecular weight is 413 g/mol. The van der Waals surface area contributed by atoms with Crippen LogP contribution in [0.1, 0.15) is 47.8 Å². The molecule has 0 saturated carbocycles. The lowest BCUT2D eigenvalue weighted by Gasteiger charge is -2.41. The zero-order valence-corrected chi connectivity index (χ0v) is 18.4. The first-order valence-corrected chi connectivity index (χ1v) is 11.7. The third-order valence-electron chi connectivity index (χ3n) is 6.25. The summed E-state index contributed by atoms with van der Waals surface area (Å²) in [5.74, 6) is 0.886. The molecule has 0 radical (unpaired) electrons. The van der Waals surface area contributed by atoms with Gasteiger partial charge in [0.2, 0.25) is 0 Å². The van der Waals surface area contributed by atoms with E-state index in [0.29, 0.717) is 12.6 Å². The van der Waals surface area contributed by atoms with Crippen LogP contribution in [-0.4, -0.2) is 60.0 Å². The van der Waals surface area contributed by atoms with Crippen molar-refractivity contribution in [2.75, 3.05) is 38.1 Å². The average Bonchev–Trinajstić information content (AvgIpc) is 3.24. The van der Waals surface area contributed by atoms with Crippen molar-refractivity contribution in [3.05, 3.63) is 47.0 Å². The van der Waals surface area contributed by atoms with Crippen molar-refractivity contribution in [2.45, 2.75) is 45.2 Å². The lowest BCUT2D eigenvalue weighted by atomic mass is 9.95. The van der Waals surface area contributed by atoms with Crippen LogP contribution >= 0.6 is 11.3 Å². The molecular formula is C23H32N4OS. The number of amides is 1. The van der Waals surface area contributed by atoms with Crippen LogP contribution in [0.3, 0.4) is 0 Å². The van der Waals surface area contributed by atoms with Gasteiger partial charge in [0, 0.05) is 39.3 Å². The van der Waals surface area contributed by atoms with Crippen molar-refractivity contribution in [3.8, 4) is 0 Å². The van der Waals surface area contributed by atoms with E-state index in [-0.39, 0.29) is 5.91 Å². The van der Waals surface area contributed by atoms with Gasteiger partial charge in [0.15, 0.2) is 5.13 Å². The van der Waals surface area contributed by atoms with Crippen molar-refractivity contribution in [1.29, 1.82) is 0 Å². The Labute approximate surface area is 178 Å². The predicted molar refractivity (Wildman–Crippen MR) is 120 cm³/mol. The molecule has 0 spiro atoms. The van der Waals surface area contributed by atoms with E-state index < -0.39 is 0 Å². The minimum Gasteiger partial charge on any atom is -0.348 e. The number of thiazole rings is 1.